The Kier molecular flexibility index (Phi) is 2.39. The third-order valence-corrected chi connectivity index (χ3v) is 3.51. The van der Waals surface area contributed by atoms with Crippen LogP contribution >= 0.6 is 0 Å². The van der Waals surface area contributed by atoms with Crippen LogP contribution in [0.15, 0.2) is 0 Å². The summed E-state index contributed by atoms with van der Waals surface area (Å²) in [6.45, 7) is 10.8. The van der Waals surface area contributed by atoms with E-state index < -0.39 is 0 Å². The SMILES string of the molecule is CC1(C)CC2OCCOC2C(C)(C)C1. The number of hydrogen-bond donors (Lipinski definition) is 0. The molecule has 0 radical (unpaired) electrons. The third kappa shape index (κ3) is 1.82. The van der Waals surface area contributed by atoms with Crippen LogP contribution in [0.25, 0.3) is 0 Å². The Morgan fingerprint density at radius 2 is 1.64 bits per heavy atom. The summed E-state index contributed by atoms with van der Waals surface area (Å²) in [5.41, 5.74) is 0.651. The van der Waals surface area contributed by atoms with Gasteiger partial charge in [-0.05, 0) is 23.7 Å². The highest BCUT2D eigenvalue weighted by Crippen LogP contribution is 2.48. The number of rotatable bonds is 0. The van der Waals surface area contributed by atoms with Crippen molar-refractivity contribution in [2.75, 3.05) is 13.2 Å². The molecule has 2 unspecified atom stereocenters. The van der Waals surface area contributed by atoms with Crippen molar-refractivity contribution < 1.29 is 9.47 Å². The van der Waals surface area contributed by atoms with Gasteiger partial charge in [-0.25, -0.2) is 0 Å². The summed E-state index contributed by atoms with van der Waals surface area (Å²) in [6, 6.07) is 0. The zero-order valence-corrected chi connectivity index (χ0v) is 9.80. The van der Waals surface area contributed by atoms with E-state index in [1.807, 2.05) is 0 Å². The van der Waals surface area contributed by atoms with E-state index in [0.717, 1.165) is 19.6 Å². The second kappa shape index (κ2) is 3.21. The van der Waals surface area contributed by atoms with Gasteiger partial charge in [-0.3, -0.25) is 0 Å². The zero-order valence-electron chi connectivity index (χ0n) is 9.80. The van der Waals surface area contributed by atoms with E-state index in [4.69, 9.17) is 9.47 Å². The largest absolute Gasteiger partial charge is 0.373 e. The summed E-state index contributed by atoms with van der Waals surface area (Å²) < 4.78 is 11.7. The van der Waals surface area contributed by atoms with Crippen molar-refractivity contribution in [3.05, 3.63) is 0 Å². The molecule has 2 atom stereocenters. The molecular weight excluding hydrogens is 176 g/mol. The van der Waals surface area contributed by atoms with Crippen molar-refractivity contribution in [1.82, 2.24) is 0 Å². The quantitative estimate of drug-likeness (QED) is 0.595. The molecule has 2 heteroatoms. The molecule has 2 aliphatic rings. The van der Waals surface area contributed by atoms with Gasteiger partial charge in [-0.1, -0.05) is 27.7 Å². The minimum Gasteiger partial charge on any atom is -0.373 e. The van der Waals surface area contributed by atoms with E-state index in [-0.39, 0.29) is 5.41 Å². The monoisotopic (exact) mass is 198 g/mol. The van der Waals surface area contributed by atoms with Crippen molar-refractivity contribution >= 4 is 0 Å². The highest BCUT2D eigenvalue weighted by atomic mass is 16.6. The van der Waals surface area contributed by atoms with Crippen LogP contribution in [0, 0.1) is 10.8 Å². The lowest BCUT2D eigenvalue weighted by molar-refractivity contribution is -0.213. The zero-order chi connectivity index (χ0) is 10.4. The molecular formula is C12H22O2. The first-order valence-electron chi connectivity index (χ1n) is 5.64. The standard InChI is InChI=1S/C12H22O2/c1-11(2)7-9-10(12(3,4)8-11)14-6-5-13-9/h9-10H,5-8H2,1-4H3. The van der Waals surface area contributed by atoms with Crippen molar-refractivity contribution in [2.24, 2.45) is 10.8 Å². The Morgan fingerprint density at radius 1 is 1.00 bits per heavy atom. The van der Waals surface area contributed by atoms with Gasteiger partial charge in [-0.2, -0.15) is 0 Å². The Bertz CT molecular complexity index is 220. The molecule has 0 spiro atoms. The van der Waals surface area contributed by atoms with E-state index in [0.29, 0.717) is 17.6 Å². The van der Waals surface area contributed by atoms with Gasteiger partial charge in [-0.15, -0.1) is 0 Å². The summed E-state index contributed by atoms with van der Waals surface area (Å²) in [4.78, 5) is 0. The average Bonchev–Trinajstić information content (AvgIpc) is 2.00. The third-order valence-electron chi connectivity index (χ3n) is 3.51. The van der Waals surface area contributed by atoms with Crippen molar-refractivity contribution in [1.29, 1.82) is 0 Å². The van der Waals surface area contributed by atoms with E-state index >= 15 is 0 Å². The average molecular weight is 198 g/mol. The van der Waals surface area contributed by atoms with Crippen molar-refractivity contribution in [3.63, 3.8) is 0 Å². The first-order chi connectivity index (χ1) is 6.41. The van der Waals surface area contributed by atoms with Crippen LogP contribution in [-0.4, -0.2) is 25.4 Å². The molecule has 0 amide bonds. The molecule has 0 bridgehead atoms. The normalized spacial score (nSPS) is 40.3. The van der Waals surface area contributed by atoms with E-state index in [1.54, 1.807) is 0 Å². The van der Waals surface area contributed by atoms with E-state index in [1.165, 1.54) is 6.42 Å². The van der Waals surface area contributed by atoms with Gasteiger partial charge in [0.25, 0.3) is 0 Å². The van der Waals surface area contributed by atoms with Crippen LogP contribution in [0.2, 0.25) is 0 Å². The van der Waals surface area contributed by atoms with Gasteiger partial charge in [0.15, 0.2) is 0 Å². The Hall–Kier alpha value is -0.0800. The molecule has 1 heterocycles. The van der Waals surface area contributed by atoms with Gasteiger partial charge in [0.2, 0.25) is 0 Å². The number of hydrogen-bond acceptors (Lipinski definition) is 2. The van der Waals surface area contributed by atoms with E-state index in [9.17, 15) is 0 Å². The summed E-state index contributed by atoms with van der Waals surface area (Å²) in [5, 5.41) is 0. The van der Waals surface area contributed by atoms with Crippen molar-refractivity contribution in [3.8, 4) is 0 Å². The minimum absolute atomic E-state index is 0.257. The maximum atomic E-state index is 5.87. The van der Waals surface area contributed by atoms with Gasteiger partial charge in [0.05, 0.1) is 25.4 Å². The van der Waals surface area contributed by atoms with Crippen LogP contribution in [0.5, 0.6) is 0 Å². The summed E-state index contributed by atoms with van der Waals surface area (Å²) in [5.74, 6) is 0. The predicted molar refractivity (Wildman–Crippen MR) is 56.3 cm³/mol. The molecule has 0 N–H and O–H groups in total. The van der Waals surface area contributed by atoms with Gasteiger partial charge in [0, 0.05) is 0 Å². The molecule has 0 aromatic carbocycles. The molecule has 1 aliphatic heterocycles. The topological polar surface area (TPSA) is 18.5 Å². The second-order valence-corrected chi connectivity index (χ2v) is 6.23. The van der Waals surface area contributed by atoms with Crippen LogP contribution < -0.4 is 0 Å². The number of fused-ring (bicyclic) bond motifs is 1. The summed E-state index contributed by atoms with van der Waals surface area (Å²) in [6.07, 6.45) is 3.00. The van der Waals surface area contributed by atoms with Crippen LogP contribution in [0.4, 0.5) is 0 Å². The molecule has 1 saturated carbocycles. The van der Waals surface area contributed by atoms with Gasteiger partial charge < -0.3 is 9.47 Å². The molecule has 2 nitrogen and oxygen atoms in total. The summed E-state index contributed by atoms with van der Waals surface area (Å²) >= 11 is 0. The predicted octanol–water partition coefficient (Wildman–Crippen LogP) is 2.62. The van der Waals surface area contributed by atoms with Gasteiger partial charge in [0.1, 0.15) is 0 Å². The van der Waals surface area contributed by atoms with Gasteiger partial charge >= 0.3 is 0 Å². The maximum Gasteiger partial charge on any atom is 0.0888 e. The van der Waals surface area contributed by atoms with Crippen LogP contribution in [0.3, 0.4) is 0 Å². The molecule has 2 rings (SSSR count). The van der Waals surface area contributed by atoms with Crippen molar-refractivity contribution in [2.45, 2.75) is 52.7 Å². The fourth-order valence-corrected chi connectivity index (χ4v) is 3.41. The lowest BCUT2D eigenvalue weighted by atomic mass is 9.62. The highest BCUT2D eigenvalue weighted by Gasteiger charge is 2.48. The Balaban J connectivity index is 2.18. The molecule has 14 heavy (non-hydrogen) atoms. The lowest BCUT2D eigenvalue weighted by Gasteiger charge is -2.51. The van der Waals surface area contributed by atoms with Crippen LogP contribution in [-0.2, 0) is 9.47 Å². The maximum absolute atomic E-state index is 5.87. The molecule has 82 valence electrons. The smallest absolute Gasteiger partial charge is 0.0888 e. The highest BCUT2D eigenvalue weighted by molar-refractivity contribution is 4.98. The molecule has 1 saturated heterocycles. The van der Waals surface area contributed by atoms with Crippen LogP contribution in [0.1, 0.15) is 40.5 Å². The molecule has 2 fully saturated rings. The lowest BCUT2D eigenvalue weighted by Crippen LogP contribution is -2.54. The first-order valence-corrected chi connectivity index (χ1v) is 5.64. The fraction of sp³-hybridized carbons (Fsp3) is 1.00. The molecule has 0 aromatic rings. The fourth-order valence-electron chi connectivity index (χ4n) is 3.41. The minimum atomic E-state index is 0.257. The summed E-state index contributed by atoms with van der Waals surface area (Å²) in [7, 11) is 0. The number of ether oxygens (including phenoxy) is 2. The second-order valence-electron chi connectivity index (χ2n) is 6.23. The molecule has 1 aliphatic carbocycles. The Morgan fingerprint density at radius 3 is 2.36 bits per heavy atom. The Labute approximate surface area is 87.0 Å². The van der Waals surface area contributed by atoms with E-state index in [2.05, 4.69) is 27.7 Å². The first kappa shape index (κ1) is 10.4. The molecule has 0 aromatic heterocycles.